The topological polar surface area (TPSA) is 39.1 Å². The Hall–Kier alpha value is -1.81. The van der Waals surface area contributed by atoms with Gasteiger partial charge < -0.3 is 10.1 Å². The Morgan fingerprint density at radius 2 is 1.95 bits per heavy atom. The number of benzene rings is 1. The minimum atomic E-state index is 0.216. The maximum Gasteiger partial charge on any atom is 0.119 e. The second kappa shape index (κ2) is 7.10. The van der Waals surface area contributed by atoms with Crippen LogP contribution < -0.4 is 10.1 Å². The molecule has 4 nitrogen and oxygen atoms in total. The Labute approximate surface area is 120 Å². The van der Waals surface area contributed by atoms with E-state index in [1.165, 1.54) is 5.56 Å². The van der Waals surface area contributed by atoms with Gasteiger partial charge >= 0.3 is 0 Å². The smallest absolute Gasteiger partial charge is 0.119 e. The van der Waals surface area contributed by atoms with Crippen molar-refractivity contribution in [3.8, 4) is 5.75 Å². The Bertz CT molecular complexity index is 491. The molecule has 0 saturated carbocycles. The van der Waals surface area contributed by atoms with Gasteiger partial charge in [0.15, 0.2) is 0 Å². The van der Waals surface area contributed by atoms with E-state index in [0.717, 1.165) is 18.8 Å². The van der Waals surface area contributed by atoms with Gasteiger partial charge in [-0.2, -0.15) is 5.10 Å². The van der Waals surface area contributed by atoms with E-state index < -0.39 is 0 Å². The second-order valence-electron chi connectivity index (χ2n) is 5.32. The van der Waals surface area contributed by atoms with E-state index >= 15 is 0 Å². The molecule has 1 aromatic heterocycles. The van der Waals surface area contributed by atoms with Crippen LogP contribution in [0.2, 0.25) is 0 Å². The summed E-state index contributed by atoms with van der Waals surface area (Å²) in [4.78, 5) is 0. The molecule has 0 aliphatic heterocycles. The molecule has 4 heteroatoms. The van der Waals surface area contributed by atoms with Gasteiger partial charge in [0.05, 0.1) is 12.6 Å². The van der Waals surface area contributed by atoms with Gasteiger partial charge in [0.25, 0.3) is 0 Å². The summed E-state index contributed by atoms with van der Waals surface area (Å²) in [6.07, 6.45) is 4.00. The maximum atomic E-state index is 5.63. The monoisotopic (exact) mass is 273 g/mol. The molecule has 0 amide bonds. The first-order valence-corrected chi connectivity index (χ1v) is 7.10. The van der Waals surface area contributed by atoms with Crippen LogP contribution in [-0.4, -0.2) is 21.9 Å². The number of hydrogen-bond acceptors (Lipinski definition) is 3. The molecule has 0 radical (unpaired) electrons. The van der Waals surface area contributed by atoms with Crippen LogP contribution in [-0.2, 0) is 13.1 Å². The predicted octanol–water partition coefficient (Wildman–Crippen LogP) is 2.85. The van der Waals surface area contributed by atoms with Crippen molar-refractivity contribution in [2.24, 2.45) is 0 Å². The molecule has 0 bridgehead atoms. The summed E-state index contributed by atoms with van der Waals surface area (Å²) in [5, 5.41) is 7.71. The first kappa shape index (κ1) is 14.6. The largest absolute Gasteiger partial charge is 0.491 e. The lowest BCUT2D eigenvalue weighted by Gasteiger charge is -2.14. The molecule has 20 heavy (non-hydrogen) atoms. The minimum Gasteiger partial charge on any atom is -0.491 e. The van der Waals surface area contributed by atoms with Crippen LogP contribution >= 0.6 is 0 Å². The van der Waals surface area contributed by atoms with Crippen molar-refractivity contribution in [1.29, 1.82) is 0 Å². The van der Waals surface area contributed by atoms with Crippen molar-refractivity contribution in [2.75, 3.05) is 0 Å². The Balaban J connectivity index is 1.78. The van der Waals surface area contributed by atoms with Crippen LogP contribution in [0.3, 0.4) is 0 Å². The zero-order valence-corrected chi connectivity index (χ0v) is 12.4. The summed E-state index contributed by atoms with van der Waals surface area (Å²) in [6, 6.07) is 10.6. The van der Waals surface area contributed by atoms with Gasteiger partial charge in [0, 0.05) is 25.0 Å². The highest BCUT2D eigenvalue weighted by atomic mass is 16.5. The number of nitrogens with zero attached hydrogens (tertiary/aromatic N) is 2. The quantitative estimate of drug-likeness (QED) is 0.843. The van der Waals surface area contributed by atoms with E-state index in [9.17, 15) is 0 Å². The van der Waals surface area contributed by atoms with Crippen molar-refractivity contribution < 1.29 is 4.74 Å². The van der Waals surface area contributed by atoms with Crippen molar-refractivity contribution in [3.05, 3.63) is 48.3 Å². The number of aromatic nitrogens is 2. The van der Waals surface area contributed by atoms with E-state index in [1.54, 1.807) is 6.20 Å². The summed E-state index contributed by atoms with van der Waals surface area (Å²) in [7, 11) is 0. The SMILES string of the molecule is CC(Cn1cccn1)NCc1ccc(OC(C)C)cc1. The fraction of sp³-hybridized carbons (Fsp3) is 0.438. The molecule has 1 atom stereocenters. The second-order valence-corrected chi connectivity index (χ2v) is 5.32. The molecule has 0 aliphatic carbocycles. The Morgan fingerprint density at radius 1 is 1.20 bits per heavy atom. The molecule has 0 saturated heterocycles. The summed E-state index contributed by atoms with van der Waals surface area (Å²) in [5.41, 5.74) is 1.26. The third kappa shape index (κ3) is 4.70. The average Bonchev–Trinajstić information content (AvgIpc) is 2.90. The predicted molar refractivity (Wildman–Crippen MR) is 80.7 cm³/mol. The third-order valence-corrected chi connectivity index (χ3v) is 2.97. The molecule has 1 aromatic carbocycles. The van der Waals surface area contributed by atoms with Crippen molar-refractivity contribution >= 4 is 0 Å². The van der Waals surface area contributed by atoms with E-state index in [-0.39, 0.29) is 6.10 Å². The van der Waals surface area contributed by atoms with Gasteiger partial charge in [-0.25, -0.2) is 0 Å². The van der Waals surface area contributed by atoms with Crippen molar-refractivity contribution in [2.45, 2.75) is 46.0 Å². The fourth-order valence-corrected chi connectivity index (χ4v) is 2.00. The maximum absolute atomic E-state index is 5.63. The highest BCUT2D eigenvalue weighted by Gasteiger charge is 2.03. The van der Waals surface area contributed by atoms with Crippen LogP contribution in [0.25, 0.3) is 0 Å². The zero-order valence-electron chi connectivity index (χ0n) is 12.4. The highest BCUT2D eigenvalue weighted by Crippen LogP contribution is 2.13. The highest BCUT2D eigenvalue weighted by molar-refractivity contribution is 5.27. The van der Waals surface area contributed by atoms with E-state index in [4.69, 9.17) is 4.74 Å². The molecule has 0 fully saturated rings. The number of ether oxygens (including phenoxy) is 1. The number of nitrogens with one attached hydrogen (secondary N) is 1. The zero-order chi connectivity index (χ0) is 14.4. The van der Waals surface area contributed by atoms with Crippen LogP contribution in [0, 0.1) is 0 Å². The summed E-state index contributed by atoms with van der Waals surface area (Å²) in [6.45, 7) is 7.96. The van der Waals surface area contributed by atoms with Gasteiger partial charge in [-0.15, -0.1) is 0 Å². The van der Waals surface area contributed by atoms with Gasteiger partial charge in [0.2, 0.25) is 0 Å². The number of rotatable bonds is 7. The van der Waals surface area contributed by atoms with Crippen molar-refractivity contribution in [1.82, 2.24) is 15.1 Å². The molecular weight excluding hydrogens is 250 g/mol. The molecule has 2 aromatic rings. The lowest BCUT2D eigenvalue weighted by Crippen LogP contribution is -2.30. The molecular formula is C16H23N3O. The summed E-state index contributed by atoms with van der Waals surface area (Å²) >= 11 is 0. The lowest BCUT2D eigenvalue weighted by atomic mass is 10.2. The summed E-state index contributed by atoms with van der Waals surface area (Å²) < 4.78 is 7.57. The van der Waals surface area contributed by atoms with E-state index in [0.29, 0.717) is 6.04 Å². The first-order chi connectivity index (χ1) is 9.63. The van der Waals surface area contributed by atoms with Gasteiger partial charge in [-0.3, -0.25) is 4.68 Å². The summed E-state index contributed by atoms with van der Waals surface area (Å²) in [5.74, 6) is 0.924. The standard InChI is InChI=1S/C16H23N3O/c1-13(2)20-16-7-5-15(6-8-16)11-17-14(3)12-19-10-4-9-18-19/h4-10,13-14,17H,11-12H2,1-3H3. The lowest BCUT2D eigenvalue weighted by molar-refractivity contribution is 0.242. The van der Waals surface area contributed by atoms with Crippen LogP contribution in [0.4, 0.5) is 0 Å². The molecule has 1 N–H and O–H groups in total. The number of hydrogen-bond donors (Lipinski definition) is 1. The fourth-order valence-electron chi connectivity index (χ4n) is 2.00. The molecule has 1 heterocycles. The third-order valence-electron chi connectivity index (χ3n) is 2.97. The molecule has 108 valence electrons. The van der Waals surface area contributed by atoms with Gasteiger partial charge in [-0.05, 0) is 44.5 Å². The molecule has 0 aliphatic rings. The van der Waals surface area contributed by atoms with Crippen LogP contribution in [0.5, 0.6) is 5.75 Å². The van der Waals surface area contributed by atoms with Gasteiger partial charge in [-0.1, -0.05) is 12.1 Å². The first-order valence-electron chi connectivity index (χ1n) is 7.10. The van der Waals surface area contributed by atoms with Gasteiger partial charge in [0.1, 0.15) is 5.75 Å². The van der Waals surface area contributed by atoms with Crippen LogP contribution in [0.1, 0.15) is 26.3 Å². The molecule has 2 rings (SSSR count). The molecule has 0 spiro atoms. The Kier molecular flexibility index (Phi) is 5.18. The van der Waals surface area contributed by atoms with E-state index in [1.807, 2.05) is 42.9 Å². The Morgan fingerprint density at radius 3 is 2.55 bits per heavy atom. The minimum absolute atomic E-state index is 0.216. The van der Waals surface area contributed by atoms with Crippen molar-refractivity contribution in [3.63, 3.8) is 0 Å². The van der Waals surface area contributed by atoms with E-state index in [2.05, 4.69) is 29.5 Å². The molecule has 1 unspecified atom stereocenters. The van der Waals surface area contributed by atoms with Crippen LogP contribution in [0.15, 0.2) is 42.7 Å². The normalized spacial score (nSPS) is 12.6. The average molecular weight is 273 g/mol.